The first-order chi connectivity index (χ1) is 8.19. The Hall–Kier alpha value is -1.49. The van der Waals surface area contributed by atoms with E-state index in [4.69, 9.17) is 9.47 Å². The largest absolute Gasteiger partial charge is 0.497 e. The molecule has 0 N–H and O–H groups in total. The summed E-state index contributed by atoms with van der Waals surface area (Å²) in [6.45, 7) is 0.499. The van der Waals surface area contributed by atoms with Gasteiger partial charge in [-0.25, -0.2) is 0 Å². The lowest BCUT2D eigenvalue weighted by Gasteiger charge is -2.08. The van der Waals surface area contributed by atoms with Crippen molar-refractivity contribution in [1.82, 2.24) is 9.78 Å². The Labute approximate surface area is 108 Å². The topological polar surface area (TPSA) is 36.3 Å². The van der Waals surface area contributed by atoms with Crippen molar-refractivity contribution in [2.45, 2.75) is 6.61 Å². The molecule has 0 bridgehead atoms. The minimum absolute atomic E-state index is 0.499. The average Bonchev–Trinajstić information content (AvgIpc) is 2.73. The number of hydrogen-bond donors (Lipinski definition) is 0. The average molecular weight is 297 g/mol. The lowest BCUT2D eigenvalue weighted by Crippen LogP contribution is -1.95. The first kappa shape index (κ1) is 12.0. The Bertz CT molecular complexity index is 511. The van der Waals surface area contributed by atoms with E-state index in [-0.39, 0.29) is 0 Å². The van der Waals surface area contributed by atoms with Crippen LogP contribution in [0.25, 0.3) is 0 Å². The lowest BCUT2D eigenvalue weighted by atomic mass is 10.3. The Morgan fingerprint density at radius 3 is 2.82 bits per heavy atom. The first-order valence-corrected chi connectivity index (χ1v) is 5.92. The minimum Gasteiger partial charge on any atom is -0.497 e. The molecule has 2 aromatic rings. The predicted octanol–water partition coefficient (Wildman–Crippen LogP) is 2.77. The zero-order valence-electron chi connectivity index (χ0n) is 9.68. The van der Waals surface area contributed by atoms with E-state index in [1.54, 1.807) is 18.0 Å². The molecule has 0 aliphatic carbocycles. The molecule has 0 atom stereocenters. The molecule has 0 unspecified atom stereocenters. The fourth-order valence-electron chi connectivity index (χ4n) is 1.43. The van der Waals surface area contributed by atoms with Gasteiger partial charge < -0.3 is 9.47 Å². The zero-order valence-corrected chi connectivity index (χ0v) is 11.3. The van der Waals surface area contributed by atoms with Crippen LogP contribution in [0, 0.1) is 0 Å². The molecular formula is C12H13BrN2O2. The number of halogens is 1. The van der Waals surface area contributed by atoms with Crippen molar-refractivity contribution >= 4 is 15.9 Å². The summed E-state index contributed by atoms with van der Waals surface area (Å²) in [6, 6.07) is 5.61. The highest BCUT2D eigenvalue weighted by atomic mass is 79.9. The van der Waals surface area contributed by atoms with Gasteiger partial charge in [-0.05, 0) is 34.1 Å². The summed E-state index contributed by atoms with van der Waals surface area (Å²) in [5.74, 6) is 1.58. The van der Waals surface area contributed by atoms with Crippen molar-refractivity contribution in [2.24, 2.45) is 7.05 Å². The molecule has 1 aromatic carbocycles. The molecule has 2 rings (SSSR count). The maximum atomic E-state index is 5.68. The quantitative estimate of drug-likeness (QED) is 0.870. The lowest BCUT2D eigenvalue weighted by molar-refractivity contribution is 0.303. The standard InChI is InChI=1S/C12H13BrN2O2/c1-15-7-9(6-14-15)8-17-12-4-3-10(16-2)5-11(12)13/h3-7H,8H2,1-2H3. The molecule has 0 aliphatic rings. The molecule has 0 saturated heterocycles. The molecule has 0 spiro atoms. The number of nitrogens with zero attached hydrogens (tertiary/aromatic N) is 2. The molecule has 0 saturated carbocycles. The third-order valence-electron chi connectivity index (χ3n) is 2.29. The van der Waals surface area contributed by atoms with Gasteiger partial charge in [0, 0.05) is 18.8 Å². The van der Waals surface area contributed by atoms with Crippen LogP contribution in [0.3, 0.4) is 0 Å². The number of hydrogen-bond acceptors (Lipinski definition) is 3. The molecule has 0 fully saturated rings. The highest BCUT2D eigenvalue weighted by Gasteiger charge is 2.04. The van der Waals surface area contributed by atoms with Crippen molar-refractivity contribution in [2.75, 3.05) is 7.11 Å². The summed E-state index contributed by atoms with van der Waals surface area (Å²) in [4.78, 5) is 0. The van der Waals surface area contributed by atoms with Crippen LogP contribution in [-0.4, -0.2) is 16.9 Å². The summed E-state index contributed by atoms with van der Waals surface area (Å²) >= 11 is 3.44. The molecule has 1 aromatic heterocycles. The van der Waals surface area contributed by atoms with Gasteiger partial charge in [-0.2, -0.15) is 5.10 Å². The molecule has 90 valence electrons. The van der Waals surface area contributed by atoms with E-state index in [0.29, 0.717) is 6.61 Å². The van der Waals surface area contributed by atoms with E-state index in [1.807, 2.05) is 31.4 Å². The van der Waals surface area contributed by atoms with Crippen molar-refractivity contribution < 1.29 is 9.47 Å². The molecular weight excluding hydrogens is 284 g/mol. The van der Waals surface area contributed by atoms with Gasteiger partial charge in [-0.1, -0.05) is 0 Å². The Morgan fingerprint density at radius 2 is 2.24 bits per heavy atom. The van der Waals surface area contributed by atoms with Gasteiger partial charge in [0.05, 0.1) is 17.8 Å². The molecule has 0 aliphatic heterocycles. The van der Waals surface area contributed by atoms with Gasteiger partial charge in [-0.3, -0.25) is 4.68 Å². The van der Waals surface area contributed by atoms with Gasteiger partial charge in [0.1, 0.15) is 18.1 Å². The summed E-state index contributed by atoms with van der Waals surface area (Å²) in [7, 11) is 3.52. The SMILES string of the molecule is COc1ccc(OCc2cnn(C)c2)c(Br)c1. The van der Waals surface area contributed by atoms with Crippen LogP contribution in [0.4, 0.5) is 0 Å². The smallest absolute Gasteiger partial charge is 0.134 e. The third kappa shape index (κ3) is 3.00. The Kier molecular flexibility index (Phi) is 3.68. The maximum Gasteiger partial charge on any atom is 0.134 e. The summed E-state index contributed by atoms with van der Waals surface area (Å²) in [6.07, 6.45) is 3.72. The summed E-state index contributed by atoms with van der Waals surface area (Å²) < 4.78 is 13.4. The maximum absolute atomic E-state index is 5.68. The van der Waals surface area contributed by atoms with Crippen LogP contribution >= 0.6 is 15.9 Å². The van der Waals surface area contributed by atoms with E-state index >= 15 is 0 Å². The van der Waals surface area contributed by atoms with Gasteiger partial charge in [0.2, 0.25) is 0 Å². The van der Waals surface area contributed by atoms with E-state index in [1.165, 1.54) is 0 Å². The van der Waals surface area contributed by atoms with Crippen LogP contribution < -0.4 is 9.47 Å². The van der Waals surface area contributed by atoms with Crippen molar-refractivity contribution in [3.8, 4) is 11.5 Å². The number of rotatable bonds is 4. The first-order valence-electron chi connectivity index (χ1n) is 5.13. The third-order valence-corrected chi connectivity index (χ3v) is 2.91. The molecule has 0 amide bonds. The molecule has 0 radical (unpaired) electrons. The number of aromatic nitrogens is 2. The van der Waals surface area contributed by atoms with Crippen LogP contribution in [-0.2, 0) is 13.7 Å². The van der Waals surface area contributed by atoms with Crippen molar-refractivity contribution in [3.05, 3.63) is 40.6 Å². The number of aryl methyl sites for hydroxylation is 1. The van der Waals surface area contributed by atoms with Gasteiger partial charge in [-0.15, -0.1) is 0 Å². The molecule has 1 heterocycles. The second-order valence-corrected chi connectivity index (χ2v) is 4.46. The fraction of sp³-hybridized carbons (Fsp3) is 0.250. The van der Waals surface area contributed by atoms with E-state index in [2.05, 4.69) is 21.0 Å². The number of ether oxygens (including phenoxy) is 2. The highest BCUT2D eigenvalue weighted by Crippen LogP contribution is 2.29. The van der Waals surface area contributed by atoms with Crippen LogP contribution in [0.15, 0.2) is 35.1 Å². The Balaban J connectivity index is 2.04. The van der Waals surface area contributed by atoms with Crippen molar-refractivity contribution in [3.63, 3.8) is 0 Å². The molecule has 5 heteroatoms. The fourth-order valence-corrected chi connectivity index (χ4v) is 1.91. The van der Waals surface area contributed by atoms with Crippen LogP contribution in [0.5, 0.6) is 11.5 Å². The summed E-state index contributed by atoms with van der Waals surface area (Å²) in [5, 5.41) is 4.08. The second-order valence-electron chi connectivity index (χ2n) is 3.61. The Morgan fingerprint density at radius 1 is 1.41 bits per heavy atom. The van der Waals surface area contributed by atoms with Crippen LogP contribution in [0.2, 0.25) is 0 Å². The predicted molar refractivity (Wildman–Crippen MR) is 68.2 cm³/mol. The minimum atomic E-state index is 0.499. The van der Waals surface area contributed by atoms with E-state index in [0.717, 1.165) is 21.5 Å². The zero-order chi connectivity index (χ0) is 12.3. The van der Waals surface area contributed by atoms with Crippen LogP contribution in [0.1, 0.15) is 5.56 Å². The number of methoxy groups -OCH3 is 1. The highest BCUT2D eigenvalue weighted by molar-refractivity contribution is 9.10. The van der Waals surface area contributed by atoms with Gasteiger partial charge >= 0.3 is 0 Å². The number of benzene rings is 1. The van der Waals surface area contributed by atoms with Gasteiger partial charge in [0.25, 0.3) is 0 Å². The van der Waals surface area contributed by atoms with E-state index in [9.17, 15) is 0 Å². The van der Waals surface area contributed by atoms with Crippen molar-refractivity contribution in [1.29, 1.82) is 0 Å². The second kappa shape index (κ2) is 5.23. The molecule has 17 heavy (non-hydrogen) atoms. The monoisotopic (exact) mass is 296 g/mol. The summed E-state index contributed by atoms with van der Waals surface area (Å²) in [5.41, 5.74) is 1.04. The normalized spacial score (nSPS) is 10.3. The van der Waals surface area contributed by atoms with Gasteiger partial charge in [0.15, 0.2) is 0 Å². The van der Waals surface area contributed by atoms with E-state index < -0.39 is 0 Å². The molecule has 4 nitrogen and oxygen atoms in total.